The van der Waals surface area contributed by atoms with Crippen molar-refractivity contribution < 1.29 is 17.9 Å². The summed E-state index contributed by atoms with van der Waals surface area (Å²) in [6.45, 7) is 3.73. The van der Waals surface area contributed by atoms with Gasteiger partial charge in [0.1, 0.15) is 23.6 Å². The van der Waals surface area contributed by atoms with E-state index in [0.717, 1.165) is 12.8 Å². The summed E-state index contributed by atoms with van der Waals surface area (Å²) in [5, 5.41) is 9.23. The molecule has 8 nitrogen and oxygen atoms in total. The number of carbonyl (C=O) groups excluding carboxylic acids is 1. The second-order valence-electron chi connectivity index (χ2n) is 7.85. The van der Waals surface area contributed by atoms with Gasteiger partial charge in [0.25, 0.3) is 0 Å². The zero-order chi connectivity index (χ0) is 22.4. The second kappa shape index (κ2) is 9.98. The van der Waals surface area contributed by atoms with E-state index in [9.17, 15) is 18.5 Å². The van der Waals surface area contributed by atoms with Crippen molar-refractivity contribution in [3.05, 3.63) is 48.3 Å². The third-order valence-electron chi connectivity index (χ3n) is 5.65. The number of sulfonamides is 1. The van der Waals surface area contributed by atoms with E-state index in [4.69, 9.17) is 4.74 Å². The number of ether oxygens (including phenoxy) is 1. The normalized spacial score (nSPS) is 16.0. The lowest BCUT2D eigenvalue weighted by atomic mass is 9.98. The number of piperidine rings is 1. The minimum Gasteiger partial charge on any atom is -0.497 e. The van der Waals surface area contributed by atoms with Crippen LogP contribution in [0, 0.1) is 17.2 Å². The number of nitriles is 1. The van der Waals surface area contributed by atoms with Crippen LogP contribution in [0.1, 0.15) is 31.9 Å². The molecule has 1 saturated heterocycles. The Balaban J connectivity index is 1.81. The van der Waals surface area contributed by atoms with Gasteiger partial charge in [-0.2, -0.15) is 9.98 Å². The number of hydrogen-bond donors (Lipinski definition) is 1. The Kier molecular flexibility index (Phi) is 7.36. The van der Waals surface area contributed by atoms with Crippen molar-refractivity contribution in [3.63, 3.8) is 0 Å². The summed E-state index contributed by atoms with van der Waals surface area (Å²) < 4.78 is 35.5. The number of benzene rings is 1. The molecule has 1 N–H and O–H groups in total. The van der Waals surface area contributed by atoms with Gasteiger partial charge in [-0.1, -0.05) is 13.0 Å². The smallest absolute Gasteiger partial charge is 0.241 e. The lowest BCUT2D eigenvalue weighted by Crippen LogP contribution is -2.50. The number of rotatable bonds is 8. The second-order valence-corrected chi connectivity index (χ2v) is 9.56. The van der Waals surface area contributed by atoms with Gasteiger partial charge in [-0.25, -0.2) is 8.42 Å². The van der Waals surface area contributed by atoms with E-state index in [1.807, 2.05) is 0 Å². The summed E-state index contributed by atoms with van der Waals surface area (Å²) >= 11 is 0. The molecule has 0 aliphatic carbocycles. The third-order valence-corrected chi connectivity index (χ3v) is 7.11. The van der Waals surface area contributed by atoms with Gasteiger partial charge in [0.15, 0.2) is 0 Å². The minimum absolute atomic E-state index is 0.0376. The maximum absolute atomic E-state index is 13.3. The largest absolute Gasteiger partial charge is 0.497 e. The Bertz CT molecular complexity index is 1050. The maximum Gasteiger partial charge on any atom is 0.241 e. The predicted octanol–water partition coefficient (Wildman–Crippen LogP) is 2.36. The first-order chi connectivity index (χ1) is 14.8. The third kappa shape index (κ3) is 5.66. The summed E-state index contributed by atoms with van der Waals surface area (Å²) in [6.07, 6.45) is 3.78. The standard InChI is InChI=1S/C22H28N4O4S/c1-17-8-12-26(13-9-17)22(27)21(10-14-25-11-4-5-18(25)16-23)24-31(28,29)20-7-3-6-19(15-20)30-2/h3-7,11,15,17,21,24H,8-10,12-14H2,1-2H3. The first kappa shape index (κ1) is 22.8. The molecule has 1 atom stereocenters. The summed E-state index contributed by atoms with van der Waals surface area (Å²) in [4.78, 5) is 15.0. The van der Waals surface area contributed by atoms with E-state index in [1.165, 1.54) is 19.2 Å². The van der Waals surface area contributed by atoms with Crippen LogP contribution in [0.3, 0.4) is 0 Å². The topological polar surface area (TPSA) is 104 Å². The molecular formula is C22H28N4O4S. The van der Waals surface area contributed by atoms with Crippen LogP contribution >= 0.6 is 0 Å². The van der Waals surface area contributed by atoms with Crippen molar-refractivity contribution in [3.8, 4) is 11.8 Å². The minimum atomic E-state index is -3.95. The number of likely N-dealkylation sites (tertiary alicyclic amines) is 1. The molecule has 1 amide bonds. The molecule has 3 rings (SSSR count). The summed E-state index contributed by atoms with van der Waals surface area (Å²) in [5.74, 6) is 0.736. The Labute approximate surface area is 183 Å². The molecule has 1 aliphatic heterocycles. The van der Waals surface area contributed by atoms with E-state index < -0.39 is 16.1 Å². The zero-order valence-corrected chi connectivity index (χ0v) is 18.6. The first-order valence-electron chi connectivity index (χ1n) is 10.3. The first-order valence-corrected chi connectivity index (χ1v) is 11.8. The van der Waals surface area contributed by atoms with Gasteiger partial charge >= 0.3 is 0 Å². The molecular weight excluding hydrogens is 416 g/mol. The number of aryl methyl sites for hydroxylation is 1. The van der Waals surface area contributed by atoms with Crippen LogP contribution < -0.4 is 9.46 Å². The van der Waals surface area contributed by atoms with Crippen molar-refractivity contribution in [2.45, 2.75) is 43.7 Å². The van der Waals surface area contributed by atoms with E-state index >= 15 is 0 Å². The summed E-state index contributed by atoms with van der Waals surface area (Å²) in [6, 6.07) is 10.7. The molecule has 2 aromatic rings. The molecule has 1 aliphatic rings. The number of nitrogens with one attached hydrogen (secondary N) is 1. The van der Waals surface area contributed by atoms with Gasteiger partial charge < -0.3 is 14.2 Å². The quantitative estimate of drug-likeness (QED) is 0.673. The van der Waals surface area contributed by atoms with Crippen LogP contribution in [0.5, 0.6) is 5.75 Å². The van der Waals surface area contributed by atoms with E-state index in [0.29, 0.717) is 37.0 Å². The highest BCUT2D eigenvalue weighted by Crippen LogP contribution is 2.20. The Morgan fingerprint density at radius 1 is 1.29 bits per heavy atom. The van der Waals surface area contributed by atoms with Crippen molar-refractivity contribution in [2.75, 3.05) is 20.2 Å². The average molecular weight is 445 g/mol. The van der Waals surface area contributed by atoms with Crippen molar-refractivity contribution in [2.24, 2.45) is 5.92 Å². The predicted molar refractivity (Wildman–Crippen MR) is 116 cm³/mol. The zero-order valence-electron chi connectivity index (χ0n) is 17.8. The monoisotopic (exact) mass is 444 g/mol. The molecule has 31 heavy (non-hydrogen) atoms. The number of nitrogens with zero attached hydrogens (tertiary/aromatic N) is 3. The number of aromatic nitrogens is 1. The molecule has 0 saturated carbocycles. The lowest BCUT2D eigenvalue weighted by molar-refractivity contribution is -0.134. The molecule has 166 valence electrons. The van der Waals surface area contributed by atoms with Crippen LogP contribution in [-0.2, 0) is 21.4 Å². The van der Waals surface area contributed by atoms with Crippen LogP contribution in [0.15, 0.2) is 47.5 Å². The molecule has 1 aromatic carbocycles. The molecule has 1 fully saturated rings. The highest BCUT2D eigenvalue weighted by Gasteiger charge is 2.31. The Morgan fingerprint density at radius 3 is 2.71 bits per heavy atom. The molecule has 9 heteroatoms. The Hall–Kier alpha value is -2.83. The highest BCUT2D eigenvalue weighted by atomic mass is 32.2. The van der Waals surface area contributed by atoms with Crippen LogP contribution in [0.4, 0.5) is 0 Å². The van der Waals surface area contributed by atoms with Gasteiger partial charge in [-0.05, 0) is 49.4 Å². The fourth-order valence-corrected chi connectivity index (χ4v) is 4.94. The highest BCUT2D eigenvalue weighted by molar-refractivity contribution is 7.89. The summed E-state index contributed by atoms with van der Waals surface area (Å²) in [5.41, 5.74) is 0.466. The maximum atomic E-state index is 13.3. The fourth-order valence-electron chi connectivity index (χ4n) is 3.68. The SMILES string of the molecule is COc1cccc(S(=O)(=O)NC(CCn2cccc2C#N)C(=O)N2CCC(C)CC2)c1. The van der Waals surface area contributed by atoms with Gasteiger partial charge in [0.2, 0.25) is 15.9 Å². The molecule has 0 radical (unpaired) electrons. The molecule has 0 bridgehead atoms. The van der Waals surface area contributed by atoms with E-state index in [1.54, 1.807) is 39.9 Å². The average Bonchev–Trinajstić information content (AvgIpc) is 3.24. The number of carbonyl (C=O) groups is 1. The van der Waals surface area contributed by atoms with Crippen molar-refractivity contribution >= 4 is 15.9 Å². The number of amides is 1. The lowest BCUT2D eigenvalue weighted by Gasteiger charge is -2.33. The molecule has 2 heterocycles. The molecule has 0 spiro atoms. The van der Waals surface area contributed by atoms with Crippen LogP contribution in [-0.4, -0.2) is 50.0 Å². The van der Waals surface area contributed by atoms with Crippen molar-refractivity contribution in [1.29, 1.82) is 5.26 Å². The fraction of sp³-hybridized carbons (Fsp3) is 0.455. The van der Waals surface area contributed by atoms with Gasteiger partial charge in [0, 0.05) is 31.9 Å². The summed E-state index contributed by atoms with van der Waals surface area (Å²) in [7, 11) is -2.48. The van der Waals surface area contributed by atoms with Gasteiger partial charge in [0.05, 0.1) is 12.0 Å². The number of methoxy groups -OCH3 is 1. The van der Waals surface area contributed by atoms with Gasteiger partial charge in [-0.3, -0.25) is 4.79 Å². The van der Waals surface area contributed by atoms with Crippen molar-refractivity contribution in [1.82, 2.24) is 14.2 Å². The number of hydrogen-bond acceptors (Lipinski definition) is 5. The molecule has 1 aromatic heterocycles. The Morgan fingerprint density at radius 2 is 2.03 bits per heavy atom. The van der Waals surface area contributed by atoms with E-state index in [-0.39, 0.29) is 17.2 Å². The van der Waals surface area contributed by atoms with Crippen LogP contribution in [0.25, 0.3) is 0 Å². The van der Waals surface area contributed by atoms with Gasteiger partial charge in [-0.15, -0.1) is 0 Å². The van der Waals surface area contributed by atoms with E-state index in [2.05, 4.69) is 17.7 Å². The van der Waals surface area contributed by atoms with Crippen LogP contribution in [0.2, 0.25) is 0 Å². The molecule has 1 unspecified atom stereocenters.